The van der Waals surface area contributed by atoms with Crippen LogP contribution in [0.1, 0.15) is 25.7 Å². The van der Waals surface area contributed by atoms with Gasteiger partial charge in [-0.05, 0) is 25.0 Å². The van der Waals surface area contributed by atoms with Crippen molar-refractivity contribution < 1.29 is 27.6 Å². The van der Waals surface area contributed by atoms with Crippen LogP contribution in [0.15, 0.2) is 23.1 Å². The number of ether oxygens (including phenoxy) is 2. The molecule has 0 radical (unpaired) electrons. The summed E-state index contributed by atoms with van der Waals surface area (Å²) in [5, 5.41) is 14.4. The molecule has 0 amide bonds. The van der Waals surface area contributed by atoms with Crippen molar-refractivity contribution in [3.63, 3.8) is 0 Å². The summed E-state index contributed by atoms with van der Waals surface area (Å²) in [4.78, 5) is 21.7. The summed E-state index contributed by atoms with van der Waals surface area (Å²) in [5.41, 5.74) is -0.0252. The molecular weight excluding hydrogens is 390 g/mol. The topological polar surface area (TPSA) is 128 Å². The quantitative estimate of drug-likeness (QED) is 0.265. The van der Waals surface area contributed by atoms with E-state index in [2.05, 4.69) is 10.1 Å². The largest absolute Gasteiger partial charge is 0.469 e. The third-order valence-corrected chi connectivity index (χ3v) is 6.27. The van der Waals surface area contributed by atoms with Gasteiger partial charge in [-0.2, -0.15) is 4.31 Å². The molecule has 0 bridgehead atoms. The molecule has 28 heavy (non-hydrogen) atoms. The van der Waals surface area contributed by atoms with Crippen LogP contribution in [-0.2, 0) is 24.3 Å². The van der Waals surface area contributed by atoms with Gasteiger partial charge >= 0.3 is 5.97 Å². The number of benzene rings is 1. The van der Waals surface area contributed by atoms with Gasteiger partial charge in [0, 0.05) is 32.1 Å². The monoisotopic (exact) mass is 415 g/mol. The number of esters is 1. The van der Waals surface area contributed by atoms with E-state index in [4.69, 9.17) is 4.74 Å². The first-order valence-corrected chi connectivity index (χ1v) is 10.5. The fraction of sp³-hybridized carbons (Fsp3) is 0.588. The third-order valence-electron chi connectivity index (χ3n) is 4.37. The van der Waals surface area contributed by atoms with Crippen LogP contribution in [0, 0.1) is 10.1 Å². The number of unbranched alkanes of at least 4 members (excludes halogenated alkanes) is 2. The number of methoxy groups -OCH3 is 1. The van der Waals surface area contributed by atoms with E-state index < -0.39 is 14.9 Å². The second kappa shape index (κ2) is 10.3. The van der Waals surface area contributed by atoms with Gasteiger partial charge in [0.15, 0.2) is 0 Å². The number of carbonyl (C=O) groups is 1. The van der Waals surface area contributed by atoms with E-state index in [1.807, 2.05) is 0 Å². The van der Waals surface area contributed by atoms with E-state index in [0.717, 1.165) is 12.5 Å². The summed E-state index contributed by atoms with van der Waals surface area (Å²) in [6, 6.07) is 3.88. The molecule has 1 aromatic carbocycles. The van der Waals surface area contributed by atoms with Gasteiger partial charge in [0.2, 0.25) is 10.0 Å². The van der Waals surface area contributed by atoms with Gasteiger partial charge < -0.3 is 14.8 Å². The van der Waals surface area contributed by atoms with E-state index in [-0.39, 0.29) is 35.3 Å². The molecule has 0 unspecified atom stereocenters. The fourth-order valence-electron chi connectivity index (χ4n) is 2.80. The SMILES string of the molecule is COC(=O)CCCCCNc1ccc(S(=O)(=O)N2CCOCC2)cc1[N+](=O)[O-]. The number of nitro groups is 1. The number of hydrogen-bond acceptors (Lipinski definition) is 8. The first-order chi connectivity index (χ1) is 13.4. The molecule has 156 valence electrons. The second-order valence-electron chi connectivity index (χ2n) is 6.27. The summed E-state index contributed by atoms with van der Waals surface area (Å²) < 4.78 is 36.3. The van der Waals surface area contributed by atoms with Crippen LogP contribution in [0.3, 0.4) is 0 Å². The van der Waals surface area contributed by atoms with Crippen LogP contribution in [0.2, 0.25) is 0 Å². The van der Waals surface area contributed by atoms with Crippen molar-refractivity contribution in [2.75, 3.05) is 45.3 Å². The molecule has 1 heterocycles. The second-order valence-corrected chi connectivity index (χ2v) is 8.20. The van der Waals surface area contributed by atoms with E-state index >= 15 is 0 Å². The fourth-order valence-corrected chi connectivity index (χ4v) is 4.23. The molecule has 1 aliphatic rings. The summed E-state index contributed by atoms with van der Waals surface area (Å²) in [7, 11) is -2.46. The molecule has 10 nitrogen and oxygen atoms in total. The Kier molecular flexibility index (Phi) is 8.15. The predicted molar refractivity (Wildman–Crippen MR) is 102 cm³/mol. The summed E-state index contributed by atoms with van der Waals surface area (Å²) in [6.45, 7) is 1.52. The van der Waals surface area contributed by atoms with Crippen molar-refractivity contribution in [3.05, 3.63) is 28.3 Å². The van der Waals surface area contributed by atoms with Crippen molar-refractivity contribution in [3.8, 4) is 0 Å². The summed E-state index contributed by atoms with van der Waals surface area (Å²) in [5.74, 6) is -0.263. The Morgan fingerprint density at radius 3 is 2.64 bits per heavy atom. The number of nitrogens with zero attached hydrogens (tertiary/aromatic N) is 2. The number of nitro benzene ring substituents is 1. The van der Waals surface area contributed by atoms with E-state index in [0.29, 0.717) is 39.0 Å². The highest BCUT2D eigenvalue weighted by atomic mass is 32.2. The number of rotatable bonds is 10. The van der Waals surface area contributed by atoms with Crippen molar-refractivity contribution in [1.82, 2.24) is 4.31 Å². The maximum Gasteiger partial charge on any atom is 0.305 e. The number of hydrogen-bond donors (Lipinski definition) is 1. The van der Waals surface area contributed by atoms with Crippen LogP contribution >= 0.6 is 0 Å². The molecule has 1 fully saturated rings. The van der Waals surface area contributed by atoms with Gasteiger partial charge in [-0.1, -0.05) is 6.42 Å². The lowest BCUT2D eigenvalue weighted by atomic mass is 10.2. The van der Waals surface area contributed by atoms with Crippen LogP contribution in [0.4, 0.5) is 11.4 Å². The average molecular weight is 415 g/mol. The zero-order valence-corrected chi connectivity index (χ0v) is 16.6. The Morgan fingerprint density at radius 2 is 2.00 bits per heavy atom. The molecule has 1 aliphatic heterocycles. The van der Waals surface area contributed by atoms with Crippen LogP contribution < -0.4 is 5.32 Å². The number of morpholine rings is 1. The first-order valence-electron chi connectivity index (χ1n) is 9.03. The number of sulfonamides is 1. The summed E-state index contributed by atoms with van der Waals surface area (Å²) >= 11 is 0. The van der Waals surface area contributed by atoms with E-state index in [1.165, 1.54) is 23.5 Å². The van der Waals surface area contributed by atoms with Crippen LogP contribution in [-0.4, -0.2) is 63.6 Å². The van der Waals surface area contributed by atoms with Gasteiger partial charge in [-0.15, -0.1) is 0 Å². The van der Waals surface area contributed by atoms with Gasteiger partial charge in [0.1, 0.15) is 5.69 Å². The molecule has 0 aliphatic carbocycles. The Balaban J connectivity index is 2.00. The van der Waals surface area contributed by atoms with Crippen LogP contribution in [0.5, 0.6) is 0 Å². The highest BCUT2D eigenvalue weighted by Crippen LogP contribution is 2.29. The lowest BCUT2D eigenvalue weighted by molar-refractivity contribution is -0.384. The predicted octanol–water partition coefficient (Wildman–Crippen LogP) is 1.76. The third kappa shape index (κ3) is 5.88. The maximum atomic E-state index is 12.7. The molecular formula is C17H25N3O7S. The molecule has 0 spiro atoms. The lowest BCUT2D eigenvalue weighted by Gasteiger charge is -2.26. The molecule has 1 N–H and O–H groups in total. The number of nitrogens with one attached hydrogen (secondary N) is 1. The summed E-state index contributed by atoms with van der Waals surface area (Å²) in [6.07, 6.45) is 2.49. The Labute approximate surface area is 164 Å². The van der Waals surface area contributed by atoms with E-state index in [1.54, 1.807) is 0 Å². The molecule has 1 aromatic rings. The number of carbonyl (C=O) groups excluding carboxylic acids is 1. The lowest BCUT2D eigenvalue weighted by Crippen LogP contribution is -2.40. The minimum Gasteiger partial charge on any atom is -0.469 e. The Bertz CT molecular complexity index is 792. The van der Waals surface area contributed by atoms with Crippen molar-refractivity contribution in [2.45, 2.75) is 30.6 Å². The molecule has 0 atom stereocenters. The zero-order valence-electron chi connectivity index (χ0n) is 15.8. The molecule has 1 saturated heterocycles. The maximum absolute atomic E-state index is 12.7. The Morgan fingerprint density at radius 1 is 1.29 bits per heavy atom. The van der Waals surface area contributed by atoms with Crippen molar-refractivity contribution in [2.24, 2.45) is 0 Å². The molecule has 11 heteroatoms. The van der Waals surface area contributed by atoms with Gasteiger partial charge in [0.05, 0.1) is 30.1 Å². The minimum absolute atomic E-state index is 0.107. The molecule has 0 saturated carbocycles. The van der Waals surface area contributed by atoms with Gasteiger partial charge in [0.25, 0.3) is 5.69 Å². The highest BCUT2D eigenvalue weighted by Gasteiger charge is 2.28. The Hall–Kier alpha value is -2.24. The van der Waals surface area contributed by atoms with Gasteiger partial charge in [-0.25, -0.2) is 8.42 Å². The standard InChI is InChI=1S/C17H25N3O7S/c1-26-17(21)5-3-2-4-8-18-15-7-6-14(13-16(15)20(22)23)28(24,25)19-9-11-27-12-10-19/h6-7,13,18H,2-5,8-12H2,1H3. The van der Waals surface area contributed by atoms with Crippen LogP contribution in [0.25, 0.3) is 0 Å². The molecule has 2 rings (SSSR count). The molecule has 0 aromatic heterocycles. The normalized spacial score (nSPS) is 15.2. The highest BCUT2D eigenvalue weighted by molar-refractivity contribution is 7.89. The first kappa shape index (κ1) is 22.1. The smallest absolute Gasteiger partial charge is 0.305 e. The zero-order chi connectivity index (χ0) is 20.6. The minimum atomic E-state index is -3.80. The van der Waals surface area contributed by atoms with E-state index in [9.17, 15) is 23.3 Å². The number of anilines is 1. The average Bonchev–Trinajstić information content (AvgIpc) is 2.70. The van der Waals surface area contributed by atoms with Crippen molar-refractivity contribution in [1.29, 1.82) is 0 Å². The van der Waals surface area contributed by atoms with Crippen molar-refractivity contribution >= 4 is 27.4 Å². The van der Waals surface area contributed by atoms with Gasteiger partial charge in [-0.3, -0.25) is 14.9 Å².